The number of nitrogens with zero attached hydrogens (tertiary/aromatic N) is 3. The lowest BCUT2D eigenvalue weighted by atomic mass is 9.71. The van der Waals surface area contributed by atoms with Crippen LogP contribution in [0.2, 0.25) is 0 Å². The molecule has 0 radical (unpaired) electrons. The number of nitrogens with one attached hydrogen (secondary N) is 1. The molecule has 3 heterocycles. The molecule has 0 saturated carbocycles. The van der Waals surface area contributed by atoms with Crippen LogP contribution in [-0.4, -0.2) is 44.3 Å². The molecule has 156 valence electrons. The molecule has 2 aliphatic rings. The highest BCUT2D eigenvalue weighted by Crippen LogP contribution is 2.47. The van der Waals surface area contributed by atoms with Gasteiger partial charge in [0.25, 0.3) is 11.1 Å². The van der Waals surface area contributed by atoms with Gasteiger partial charge in [0.15, 0.2) is 0 Å². The van der Waals surface area contributed by atoms with Crippen LogP contribution in [0.15, 0.2) is 29.4 Å². The smallest absolute Gasteiger partial charge is 0.330 e. The summed E-state index contributed by atoms with van der Waals surface area (Å²) in [6.45, 7) is 6.39. The Labute approximate surface area is 177 Å². The molecule has 1 atom stereocenters. The van der Waals surface area contributed by atoms with Crippen LogP contribution in [0.1, 0.15) is 39.2 Å². The number of benzene rings is 1. The second-order valence-corrected chi connectivity index (χ2v) is 9.51. The van der Waals surface area contributed by atoms with Crippen molar-refractivity contribution in [2.75, 3.05) is 11.4 Å². The van der Waals surface area contributed by atoms with Crippen molar-refractivity contribution in [2.45, 2.75) is 39.2 Å². The second kappa shape index (κ2) is 7.09. The molecule has 2 N–H and O–H groups in total. The van der Waals surface area contributed by atoms with E-state index >= 15 is 0 Å². The Kier molecular flexibility index (Phi) is 4.80. The van der Waals surface area contributed by atoms with Crippen LogP contribution in [0.5, 0.6) is 0 Å². The van der Waals surface area contributed by atoms with Gasteiger partial charge in [0.2, 0.25) is 0 Å². The van der Waals surface area contributed by atoms with Crippen molar-refractivity contribution in [3.63, 3.8) is 0 Å². The van der Waals surface area contributed by atoms with Gasteiger partial charge in [-0.2, -0.15) is 0 Å². The molecule has 2 aromatic rings. The molecule has 0 aliphatic carbocycles. The fourth-order valence-electron chi connectivity index (χ4n) is 4.37. The Balaban J connectivity index is 1.86. The van der Waals surface area contributed by atoms with Crippen LogP contribution in [0.3, 0.4) is 0 Å². The van der Waals surface area contributed by atoms with Crippen molar-refractivity contribution in [1.29, 1.82) is 0 Å². The maximum Gasteiger partial charge on any atom is 0.330 e. The van der Waals surface area contributed by atoms with Gasteiger partial charge < -0.3 is 10.0 Å². The van der Waals surface area contributed by atoms with E-state index < -0.39 is 28.1 Å². The summed E-state index contributed by atoms with van der Waals surface area (Å²) in [7, 11) is 0. The molecule has 9 heteroatoms. The lowest BCUT2D eigenvalue weighted by Crippen LogP contribution is -2.59. The fraction of sp³-hybridized carbons (Fsp3) is 0.381. The number of amides is 2. The molecule has 2 saturated heterocycles. The first-order chi connectivity index (χ1) is 14.1. The molecule has 2 amide bonds. The molecule has 2 aliphatic heterocycles. The molecule has 4 rings (SSSR count). The average Bonchev–Trinajstić information content (AvgIpc) is 3.25. The first-order valence-electron chi connectivity index (χ1n) is 9.64. The lowest BCUT2D eigenvalue weighted by Gasteiger charge is -2.45. The number of thioether (sulfide) groups is 1. The summed E-state index contributed by atoms with van der Waals surface area (Å²) in [6, 6.07) is 5.45. The predicted octanol–water partition coefficient (Wildman–Crippen LogP) is 3.42. The minimum absolute atomic E-state index is 0.313. The van der Waals surface area contributed by atoms with Gasteiger partial charge in [-0.05, 0) is 53.8 Å². The molecule has 0 bridgehead atoms. The third-order valence-corrected chi connectivity index (χ3v) is 6.62. The van der Waals surface area contributed by atoms with Crippen LogP contribution in [0.25, 0.3) is 17.0 Å². The minimum atomic E-state index is -1.09. The lowest BCUT2D eigenvalue weighted by molar-refractivity contribution is -0.147. The van der Waals surface area contributed by atoms with Crippen molar-refractivity contribution in [3.05, 3.63) is 35.0 Å². The van der Waals surface area contributed by atoms with Crippen molar-refractivity contribution >= 4 is 51.7 Å². The Morgan fingerprint density at radius 2 is 2.07 bits per heavy atom. The zero-order valence-electron chi connectivity index (χ0n) is 16.9. The highest BCUT2D eigenvalue weighted by atomic mass is 32.2. The number of hydrogen-bond acceptors (Lipinski definition) is 7. The summed E-state index contributed by atoms with van der Waals surface area (Å²) in [6.07, 6.45) is 4.36. The van der Waals surface area contributed by atoms with Gasteiger partial charge in [0.1, 0.15) is 17.7 Å². The largest absolute Gasteiger partial charge is 0.479 e. The number of carbonyl (C=O) groups is 3. The first kappa shape index (κ1) is 20.3. The van der Waals surface area contributed by atoms with E-state index in [1.165, 1.54) is 6.33 Å². The number of aromatic nitrogens is 2. The van der Waals surface area contributed by atoms with E-state index in [4.69, 9.17) is 0 Å². The van der Waals surface area contributed by atoms with Gasteiger partial charge in [0.05, 0.1) is 10.4 Å². The number of rotatable bonds is 3. The van der Waals surface area contributed by atoms with Crippen LogP contribution in [0.4, 0.5) is 10.6 Å². The van der Waals surface area contributed by atoms with E-state index in [0.29, 0.717) is 40.2 Å². The molecule has 30 heavy (non-hydrogen) atoms. The van der Waals surface area contributed by atoms with Crippen LogP contribution in [-0.2, 0) is 9.59 Å². The maximum absolute atomic E-state index is 12.5. The van der Waals surface area contributed by atoms with Crippen LogP contribution in [0, 0.1) is 5.41 Å². The van der Waals surface area contributed by atoms with Crippen LogP contribution >= 0.6 is 11.8 Å². The van der Waals surface area contributed by atoms with Gasteiger partial charge in [-0.3, -0.25) is 14.9 Å². The Morgan fingerprint density at radius 1 is 1.30 bits per heavy atom. The summed E-state index contributed by atoms with van der Waals surface area (Å²) < 4.78 is 0. The molecule has 1 aromatic carbocycles. The number of imide groups is 1. The van der Waals surface area contributed by atoms with E-state index in [-0.39, 0.29) is 0 Å². The zero-order valence-corrected chi connectivity index (χ0v) is 17.7. The Bertz CT molecular complexity index is 1110. The number of carboxylic acids is 1. The maximum atomic E-state index is 12.5. The number of aliphatic carboxylic acids is 1. The van der Waals surface area contributed by atoms with E-state index in [0.717, 1.165) is 18.2 Å². The predicted molar refractivity (Wildman–Crippen MR) is 115 cm³/mol. The summed E-state index contributed by atoms with van der Waals surface area (Å²) in [5.41, 5.74) is -0.217. The van der Waals surface area contributed by atoms with Gasteiger partial charge >= 0.3 is 5.97 Å². The van der Waals surface area contributed by atoms with Gasteiger partial charge in [0, 0.05) is 11.9 Å². The molecule has 0 spiro atoms. The third-order valence-electron chi connectivity index (χ3n) is 5.81. The SMILES string of the molecule is CC(C)(C)[C@@]1(C(=O)O)CCCN1c1ncnc2ccc(C=C3SC(=O)NC3=O)cc12. The minimum Gasteiger partial charge on any atom is -0.479 e. The van der Waals surface area contributed by atoms with Crippen molar-refractivity contribution in [3.8, 4) is 0 Å². The normalized spacial score (nSPS) is 23.4. The van der Waals surface area contributed by atoms with Crippen molar-refractivity contribution in [1.82, 2.24) is 15.3 Å². The number of fused-ring (bicyclic) bond motifs is 1. The summed E-state index contributed by atoms with van der Waals surface area (Å²) in [4.78, 5) is 46.8. The molecule has 0 unspecified atom stereocenters. The summed E-state index contributed by atoms with van der Waals surface area (Å²) in [5, 5.41) is 12.8. The number of carboxylic acid groups (broad SMARTS) is 1. The highest BCUT2D eigenvalue weighted by molar-refractivity contribution is 8.18. The second-order valence-electron chi connectivity index (χ2n) is 8.50. The standard InChI is InChI=1S/C21H22N4O4S/c1-20(2,3)21(18(27)28)7-4-8-25(21)16-13-9-12(5-6-14(13)22-11-23-16)10-15-17(26)24-19(29)30-15/h5-6,9-11H,4,7-8H2,1-3H3,(H,27,28)(H,24,26,29)/t21-/m0/s1. The molecular formula is C21H22N4O4S. The average molecular weight is 426 g/mol. The summed E-state index contributed by atoms with van der Waals surface area (Å²) in [5.74, 6) is -0.725. The topological polar surface area (TPSA) is 112 Å². The summed E-state index contributed by atoms with van der Waals surface area (Å²) >= 11 is 0.853. The van der Waals surface area contributed by atoms with Gasteiger partial charge in [-0.15, -0.1) is 0 Å². The van der Waals surface area contributed by atoms with E-state index in [9.17, 15) is 19.5 Å². The van der Waals surface area contributed by atoms with Crippen molar-refractivity contribution < 1.29 is 19.5 Å². The monoisotopic (exact) mass is 426 g/mol. The first-order valence-corrected chi connectivity index (χ1v) is 10.5. The zero-order chi connectivity index (χ0) is 21.7. The molecule has 2 fully saturated rings. The quantitative estimate of drug-likeness (QED) is 0.718. The van der Waals surface area contributed by atoms with E-state index in [2.05, 4.69) is 15.3 Å². The van der Waals surface area contributed by atoms with E-state index in [1.807, 2.05) is 37.8 Å². The molecular weight excluding hydrogens is 404 g/mol. The van der Waals surface area contributed by atoms with Crippen LogP contribution < -0.4 is 10.2 Å². The highest BCUT2D eigenvalue weighted by Gasteiger charge is 2.56. The number of hydrogen-bond donors (Lipinski definition) is 2. The molecule has 8 nitrogen and oxygen atoms in total. The van der Waals surface area contributed by atoms with Gasteiger partial charge in [-0.25, -0.2) is 14.8 Å². The third kappa shape index (κ3) is 3.13. The fourth-order valence-corrected chi connectivity index (χ4v) is 5.05. The van der Waals surface area contributed by atoms with Crippen molar-refractivity contribution in [2.24, 2.45) is 5.41 Å². The Hall–Kier alpha value is -2.94. The van der Waals surface area contributed by atoms with Gasteiger partial charge in [-0.1, -0.05) is 26.8 Å². The number of anilines is 1. The molecule has 1 aromatic heterocycles. The Morgan fingerprint density at radius 3 is 2.70 bits per heavy atom. The van der Waals surface area contributed by atoms with E-state index in [1.54, 1.807) is 12.1 Å². The number of carbonyl (C=O) groups excluding carboxylic acids is 2.